The zero-order chi connectivity index (χ0) is 18.3. The molecule has 0 saturated carbocycles. The van der Waals surface area contributed by atoms with Crippen LogP contribution < -0.4 is 0 Å². The smallest absolute Gasteiger partial charge is 0.267 e. The van der Waals surface area contributed by atoms with Crippen LogP contribution in [-0.2, 0) is 10.1 Å². The molecule has 0 bridgehead atoms. The molecule has 2 unspecified atom stereocenters. The number of aliphatic hydroxyl groups excluding tert-OH is 1. The fourth-order valence-corrected chi connectivity index (χ4v) is 4.05. The van der Waals surface area contributed by atoms with Crippen LogP contribution >= 0.6 is 0 Å². The van der Waals surface area contributed by atoms with Crippen LogP contribution in [0.5, 0.6) is 0 Å². The molecular weight excluding hydrogens is 324 g/mol. The van der Waals surface area contributed by atoms with E-state index in [0.717, 1.165) is 38.5 Å². The first-order chi connectivity index (χ1) is 11.4. The normalized spacial score (nSPS) is 14.7. The number of aliphatic hydroxyl groups is 1. The van der Waals surface area contributed by atoms with Crippen molar-refractivity contribution < 1.29 is 18.1 Å². The Morgan fingerprint density at radius 3 is 1.62 bits per heavy atom. The summed E-state index contributed by atoms with van der Waals surface area (Å²) in [4.78, 5) is 0. The molecule has 0 radical (unpaired) electrons. The van der Waals surface area contributed by atoms with Crippen LogP contribution in [0.3, 0.4) is 0 Å². The number of hydrogen-bond acceptors (Lipinski definition) is 3. The van der Waals surface area contributed by atoms with Crippen molar-refractivity contribution in [3.63, 3.8) is 0 Å². The summed E-state index contributed by atoms with van der Waals surface area (Å²) in [5, 5.41) is 9.17. The molecule has 24 heavy (non-hydrogen) atoms. The third kappa shape index (κ3) is 14.2. The van der Waals surface area contributed by atoms with E-state index in [1.165, 1.54) is 38.5 Å². The molecule has 0 amide bonds. The predicted molar refractivity (Wildman–Crippen MR) is 102 cm³/mol. The van der Waals surface area contributed by atoms with Gasteiger partial charge in [-0.25, -0.2) is 0 Å². The molecule has 0 heterocycles. The first-order valence-electron chi connectivity index (χ1n) is 10.1. The highest BCUT2D eigenvalue weighted by Gasteiger charge is 2.25. The monoisotopic (exact) mass is 364 g/mol. The van der Waals surface area contributed by atoms with Gasteiger partial charge in [-0.1, -0.05) is 90.9 Å². The molecule has 0 aromatic rings. The molecule has 146 valence electrons. The van der Waals surface area contributed by atoms with Gasteiger partial charge in [0.2, 0.25) is 0 Å². The molecule has 0 aliphatic rings. The summed E-state index contributed by atoms with van der Waals surface area (Å²) in [6.07, 6.45) is 14.3. The molecule has 0 aliphatic heterocycles. The fraction of sp³-hybridized carbons (Fsp3) is 1.00. The Labute approximate surface area is 150 Å². The Morgan fingerprint density at radius 2 is 1.12 bits per heavy atom. The minimum atomic E-state index is -4.06. The Balaban J connectivity index is 3.88. The zero-order valence-corrected chi connectivity index (χ0v) is 16.7. The average Bonchev–Trinajstić information content (AvgIpc) is 2.51. The highest BCUT2D eigenvalue weighted by molar-refractivity contribution is 7.86. The second-order valence-electron chi connectivity index (χ2n) is 7.14. The van der Waals surface area contributed by atoms with E-state index < -0.39 is 21.5 Å². The first kappa shape index (κ1) is 23.9. The summed E-state index contributed by atoms with van der Waals surface area (Å²) in [7, 11) is -4.06. The standard InChI is InChI=1S/C19H40O4S/c1-3-5-7-8-9-10-11-12-14-16-19(24(21,22)23)17-18(20)15-13-6-4-2/h18-20H,3-17H2,1-2H3,(H,21,22,23). The van der Waals surface area contributed by atoms with Gasteiger partial charge in [-0.05, 0) is 19.3 Å². The van der Waals surface area contributed by atoms with E-state index in [2.05, 4.69) is 13.8 Å². The molecule has 2 atom stereocenters. The van der Waals surface area contributed by atoms with Gasteiger partial charge in [0.05, 0.1) is 11.4 Å². The molecule has 0 rings (SSSR count). The molecule has 5 heteroatoms. The fourth-order valence-electron chi connectivity index (χ4n) is 3.12. The molecule has 0 saturated heterocycles. The summed E-state index contributed by atoms with van der Waals surface area (Å²) in [6, 6.07) is 0. The lowest BCUT2D eigenvalue weighted by Gasteiger charge is -2.18. The van der Waals surface area contributed by atoms with Crippen LogP contribution in [0.15, 0.2) is 0 Å². The Bertz CT molecular complexity index is 368. The highest BCUT2D eigenvalue weighted by Crippen LogP contribution is 2.19. The quantitative estimate of drug-likeness (QED) is 0.264. The third-order valence-corrected chi connectivity index (χ3v) is 6.00. The van der Waals surface area contributed by atoms with Crippen LogP contribution in [0.25, 0.3) is 0 Å². The average molecular weight is 365 g/mol. The van der Waals surface area contributed by atoms with Crippen molar-refractivity contribution in [2.75, 3.05) is 0 Å². The summed E-state index contributed by atoms with van der Waals surface area (Å²) in [6.45, 7) is 4.31. The Kier molecular flexibility index (Phi) is 15.1. The maximum atomic E-state index is 11.5. The lowest BCUT2D eigenvalue weighted by molar-refractivity contribution is 0.147. The Hall–Kier alpha value is -0.130. The predicted octanol–water partition coefficient (Wildman–Crippen LogP) is 5.50. The summed E-state index contributed by atoms with van der Waals surface area (Å²) < 4.78 is 32.4. The summed E-state index contributed by atoms with van der Waals surface area (Å²) in [5.41, 5.74) is 0. The van der Waals surface area contributed by atoms with Crippen LogP contribution in [0.1, 0.15) is 110 Å². The molecule has 0 spiro atoms. The van der Waals surface area contributed by atoms with Crippen LogP contribution in [0.4, 0.5) is 0 Å². The largest absolute Gasteiger partial charge is 0.393 e. The number of hydrogen-bond donors (Lipinski definition) is 2. The molecular formula is C19H40O4S. The van der Waals surface area contributed by atoms with Gasteiger partial charge in [-0.3, -0.25) is 4.55 Å². The lowest BCUT2D eigenvalue weighted by atomic mass is 10.0. The van der Waals surface area contributed by atoms with Gasteiger partial charge in [0.15, 0.2) is 0 Å². The second kappa shape index (κ2) is 15.2. The van der Waals surface area contributed by atoms with E-state index in [1.54, 1.807) is 0 Å². The van der Waals surface area contributed by atoms with Crippen LogP contribution in [0, 0.1) is 0 Å². The van der Waals surface area contributed by atoms with Crippen molar-refractivity contribution in [2.45, 2.75) is 122 Å². The molecule has 0 fully saturated rings. The van der Waals surface area contributed by atoms with Crippen molar-refractivity contribution >= 4 is 10.1 Å². The number of unbranched alkanes of at least 4 members (excludes halogenated alkanes) is 10. The molecule has 0 aromatic carbocycles. The summed E-state index contributed by atoms with van der Waals surface area (Å²) >= 11 is 0. The van der Waals surface area contributed by atoms with Crippen molar-refractivity contribution in [3.05, 3.63) is 0 Å². The lowest BCUT2D eigenvalue weighted by Crippen LogP contribution is -2.26. The van der Waals surface area contributed by atoms with E-state index in [0.29, 0.717) is 12.8 Å². The van der Waals surface area contributed by atoms with Gasteiger partial charge in [-0.15, -0.1) is 0 Å². The Morgan fingerprint density at radius 1 is 0.708 bits per heavy atom. The van der Waals surface area contributed by atoms with Crippen LogP contribution in [0.2, 0.25) is 0 Å². The number of rotatable bonds is 17. The topological polar surface area (TPSA) is 74.6 Å². The second-order valence-corrected chi connectivity index (χ2v) is 8.84. The van der Waals surface area contributed by atoms with E-state index in [1.807, 2.05) is 0 Å². The minimum Gasteiger partial charge on any atom is -0.393 e. The van der Waals surface area contributed by atoms with Gasteiger partial charge in [0, 0.05) is 0 Å². The van der Waals surface area contributed by atoms with Gasteiger partial charge in [0.1, 0.15) is 0 Å². The minimum absolute atomic E-state index is 0.166. The molecule has 4 nitrogen and oxygen atoms in total. The maximum absolute atomic E-state index is 11.5. The van der Waals surface area contributed by atoms with E-state index >= 15 is 0 Å². The molecule has 0 aromatic heterocycles. The van der Waals surface area contributed by atoms with Gasteiger partial charge >= 0.3 is 0 Å². The molecule has 0 aliphatic carbocycles. The van der Waals surface area contributed by atoms with Gasteiger partial charge in [-0.2, -0.15) is 8.42 Å². The van der Waals surface area contributed by atoms with E-state index in [9.17, 15) is 18.1 Å². The zero-order valence-electron chi connectivity index (χ0n) is 15.9. The van der Waals surface area contributed by atoms with E-state index in [4.69, 9.17) is 0 Å². The SMILES string of the molecule is CCCCCCCCCCCC(CC(O)CCCCC)S(=O)(=O)O. The van der Waals surface area contributed by atoms with Crippen molar-refractivity contribution in [3.8, 4) is 0 Å². The van der Waals surface area contributed by atoms with Gasteiger partial charge < -0.3 is 5.11 Å². The van der Waals surface area contributed by atoms with Crippen molar-refractivity contribution in [1.82, 2.24) is 0 Å². The highest BCUT2D eigenvalue weighted by atomic mass is 32.2. The molecule has 2 N–H and O–H groups in total. The maximum Gasteiger partial charge on any atom is 0.267 e. The van der Waals surface area contributed by atoms with E-state index in [-0.39, 0.29) is 6.42 Å². The summed E-state index contributed by atoms with van der Waals surface area (Å²) in [5.74, 6) is 0. The van der Waals surface area contributed by atoms with Crippen molar-refractivity contribution in [2.24, 2.45) is 0 Å². The van der Waals surface area contributed by atoms with Crippen LogP contribution in [-0.4, -0.2) is 29.4 Å². The first-order valence-corrected chi connectivity index (χ1v) is 11.6. The van der Waals surface area contributed by atoms with Crippen molar-refractivity contribution in [1.29, 1.82) is 0 Å². The van der Waals surface area contributed by atoms with Gasteiger partial charge in [0.25, 0.3) is 10.1 Å². The third-order valence-electron chi connectivity index (χ3n) is 4.73.